The van der Waals surface area contributed by atoms with Crippen molar-refractivity contribution in [2.45, 2.75) is 180 Å². The molecule has 52 heavy (non-hydrogen) atoms. The fourth-order valence-corrected chi connectivity index (χ4v) is 6.15. The fraction of sp³-hybridized carbons (Fsp3) is 0.762. The number of carbonyl (C=O) groups is 2. The van der Waals surface area contributed by atoms with E-state index >= 15 is 0 Å². The highest BCUT2D eigenvalue weighted by Gasteiger charge is 2.25. The number of ether oxygens (including phenoxy) is 2. The van der Waals surface area contributed by atoms with E-state index in [-0.39, 0.29) is 32.6 Å². The Balaban J connectivity index is 4.25. The number of nitrogens with two attached hydrogens (primary N) is 1. The van der Waals surface area contributed by atoms with Gasteiger partial charge in [-0.25, -0.2) is 4.57 Å². The van der Waals surface area contributed by atoms with Crippen LogP contribution in [0, 0.1) is 0 Å². The predicted octanol–water partition coefficient (Wildman–Crippen LogP) is 11.6. The molecule has 0 saturated heterocycles. The fourth-order valence-electron chi connectivity index (χ4n) is 5.39. The number of unbranched alkanes of at least 4 members (excludes halogenated alkanes) is 17. The molecule has 0 saturated carbocycles. The van der Waals surface area contributed by atoms with Crippen molar-refractivity contribution in [1.29, 1.82) is 0 Å². The summed E-state index contributed by atoms with van der Waals surface area (Å²) in [5, 5.41) is 0. The summed E-state index contributed by atoms with van der Waals surface area (Å²) < 4.78 is 32.7. The van der Waals surface area contributed by atoms with Gasteiger partial charge in [0.2, 0.25) is 0 Å². The molecule has 0 aliphatic carbocycles. The average molecular weight is 754 g/mol. The highest BCUT2D eigenvalue weighted by Crippen LogP contribution is 2.43. The molecule has 0 fully saturated rings. The zero-order valence-corrected chi connectivity index (χ0v) is 33.9. The summed E-state index contributed by atoms with van der Waals surface area (Å²) >= 11 is 0. The molecule has 2 atom stereocenters. The molecule has 0 aromatic heterocycles. The third-order valence-corrected chi connectivity index (χ3v) is 9.43. The molecule has 0 aromatic carbocycles. The van der Waals surface area contributed by atoms with Crippen molar-refractivity contribution in [3.63, 3.8) is 0 Å². The molecule has 0 aromatic rings. The van der Waals surface area contributed by atoms with Crippen molar-refractivity contribution in [3.05, 3.63) is 48.6 Å². The third kappa shape index (κ3) is 37.7. The first-order valence-corrected chi connectivity index (χ1v) is 22.1. The van der Waals surface area contributed by atoms with Crippen LogP contribution in [0.15, 0.2) is 48.6 Å². The zero-order valence-electron chi connectivity index (χ0n) is 33.0. The lowest BCUT2D eigenvalue weighted by Crippen LogP contribution is -2.29. The Morgan fingerprint density at radius 1 is 0.577 bits per heavy atom. The maximum Gasteiger partial charge on any atom is 0.472 e. The Morgan fingerprint density at radius 3 is 1.56 bits per heavy atom. The van der Waals surface area contributed by atoms with E-state index < -0.39 is 32.5 Å². The van der Waals surface area contributed by atoms with Crippen molar-refractivity contribution in [1.82, 2.24) is 0 Å². The first-order valence-electron chi connectivity index (χ1n) is 20.6. The monoisotopic (exact) mass is 754 g/mol. The van der Waals surface area contributed by atoms with Crippen LogP contribution in [0.4, 0.5) is 0 Å². The van der Waals surface area contributed by atoms with E-state index in [4.69, 9.17) is 24.3 Å². The maximum atomic E-state index is 12.5. The number of carbonyl (C=O) groups excluding carboxylic acids is 2. The lowest BCUT2D eigenvalue weighted by atomic mass is 10.0. The summed E-state index contributed by atoms with van der Waals surface area (Å²) in [6.45, 7) is 3.62. The van der Waals surface area contributed by atoms with E-state index in [0.29, 0.717) is 6.42 Å². The number of allylic oxidation sites excluding steroid dienone is 8. The van der Waals surface area contributed by atoms with Gasteiger partial charge >= 0.3 is 19.8 Å². The van der Waals surface area contributed by atoms with Crippen molar-refractivity contribution in [3.8, 4) is 0 Å². The molecule has 0 radical (unpaired) electrons. The minimum atomic E-state index is -4.38. The van der Waals surface area contributed by atoms with Crippen molar-refractivity contribution in [2.24, 2.45) is 5.73 Å². The number of hydrogen-bond donors (Lipinski definition) is 2. The molecular weight excluding hydrogens is 677 g/mol. The second-order valence-corrected chi connectivity index (χ2v) is 15.0. The van der Waals surface area contributed by atoms with Crippen LogP contribution in [0.1, 0.15) is 174 Å². The van der Waals surface area contributed by atoms with Gasteiger partial charge in [0.1, 0.15) is 6.61 Å². The van der Waals surface area contributed by atoms with Crippen molar-refractivity contribution >= 4 is 19.8 Å². The predicted molar refractivity (Wildman–Crippen MR) is 215 cm³/mol. The zero-order chi connectivity index (χ0) is 38.2. The largest absolute Gasteiger partial charge is 0.472 e. The highest BCUT2D eigenvalue weighted by atomic mass is 31.2. The number of phosphoric acid groups is 1. The Labute approximate surface area is 317 Å². The summed E-state index contributed by atoms with van der Waals surface area (Å²) in [6, 6.07) is 0. The summed E-state index contributed by atoms with van der Waals surface area (Å²) in [7, 11) is -4.38. The van der Waals surface area contributed by atoms with E-state index in [1.54, 1.807) is 0 Å². The quantitative estimate of drug-likeness (QED) is 0.0273. The van der Waals surface area contributed by atoms with Crippen LogP contribution in [0.25, 0.3) is 0 Å². The molecule has 302 valence electrons. The normalized spacial score (nSPS) is 13.8. The first kappa shape index (κ1) is 50.0. The van der Waals surface area contributed by atoms with Crippen LogP contribution in [0.5, 0.6) is 0 Å². The van der Waals surface area contributed by atoms with Crippen molar-refractivity contribution < 1.29 is 37.6 Å². The van der Waals surface area contributed by atoms with Gasteiger partial charge in [0.25, 0.3) is 0 Å². The van der Waals surface area contributed by atoms with E-state index in [0.717, 1.165) is 64.2 Å². The second-order valence-electron chi connectivity index (χ2n) is 13.5. The Hall–Kier alpha value is -2.03. The van der Waals surface area contributed by atoms with E-state index in [2.05, 4.69) is 62.5 Å². The third-order valence-electron chi connectivity index (χ3n) is 8.45. The smallest absolute Gasteiger partial charge is 0.462 e. The van der Waals surface area contributed by atoms with Gasteiger partial charge in [-0.2, -0.15) is 0 Å². The SMILES string of the molecule is CCC/C=C/C/C=C/C/C=C/C/C=C/CCCCCC(=O)O[C@H](COC(=O)CCCCCCCCCCCCCCCC)COP(=O)(O)OCCN. The van der Waals surface area contributed by atoms with Gasteiger partial charge in [-0.15, -0.1) is 0 Å². The number of hydrogen-bond acceptors (Lipinski definition) is 8. The summed E-state index contributed by atoms with van der Waals surface area (Å²) in [5.74, 6) is -0.864. The van der Waals surface area contributed by atoms with Crippen LogP contribution < -0.4 is 5.73 Å². The molecule has 0 spiro atoms. The van der Waals surface area contributed by atoms with Gasteiger partial charge in [-0.3, -0.25) is 18.6 Å². The van der Waals surface area contributed by atoms with Crippen LogP contribution in [0.2, 0.25) is 0 Å². The standard InChI is InChI=1S/C42H76NO8P/c1-3-5-7-9-11-13-15-17-19-20-21-23-25-27-29-31-33-35-42(45)51-40(39-50-52(46,47)49-37-36-43)38-48-41(44)34-32-30-28-26-24-22-18-16-14-12-10-8-6-4-2/h7,9,13,15,19-20,23,25,40H,3-6,8,10-12,14,16-18,21-22,24,26-39,43H2,1-2H3,(H,46,47)/b9-7+,15-13+,20-19+,25-23+/t40-/m1/s1. The molecule has 0 heterocycles. The molecule has 0 amide bonds. The topological polar surface area (TPSA) is 134 Å². The van der Waals surface area contributed by atoms with E-state index in [1.165, 1.54) is 77.0 Å². The van der Waals surface area contributed by atoms with Gasteiger partial charge in [-0.05, 0) is 51.4 Å². The van der Waals surface area contributed by atoms with E-state index in [1.807, 2.05) is 0 Å². The van der Waals surface area contributed by atoms with Gasteiger partial charge in [-0.1, -0.05) is 159 Å². The van der Waals surface area contributed by atoms with Crippen molar-refractivity contribution in [2.75, 3.05) is 26.4 Å². The van der Waals surface area contributed by atoms with Gasteiger partial charge in [0.15, 0.2) is 6.10 Å². The maximum absolute atomic E-state index is 12.5. The first-order chi connectivity index (χ1) is 25.3. The molecule has 10 heteroatoms. The Kier molecular flexibility index (Phi) is 37.2. The van der Waals surface area contributed by atoms with Gasteiger partial charge in [0.05, 0.1) is 13.2 Å². The van der Waals surface area contributed by atoms with Crippen LogP contribution >= 0.6 is 7.82 Å². The molecule has 0 aliphatic rings. The van der Waals surface area contributed by atoms with E-state index in [9.17, 15) is 19.0 Å². The Bertz CT molecular complexity index is 996. The molecule has 0 rings (SSSR count). The molecule has 1 unspecified atom stereocenters. The van der Waals surface area contributed by atoms with Crippen LogP contribution in [-0.2, 0) is 32.7 Å². The number of esters is 2. The highest BCUT2D eigenvalue weighted by molar-refractivity contribution is 7.47. The minimum absolute atomic E-state index is 0.0471. The molecule has 9 nitrogen and oxygen atoms in total. The lowest BCUT2D eigenvalue weighted by molar-refractivity contribution is -0.161. The lowest BCUT2D eigenvalue weighted by Gasteiger charge is -2.19. The summed E-state index contributed by atoms with van der Waals surface area (Å²) in [4.78, 5) is 34.8. The van der Waals surface area contributed by atoms with Gasteiger partial charge < -0.3 is 20.1 Å². The molecule has 0 bridgehead atoms. The van der Waals surface area contributed by atoms with Crippen LogP contribution in [0.3, 0.4) is 0 Å². The van der Waals surface area contributed by atoms with Gasteiger partial charge in [0, 0.05) is 19.4 Å². The average Bonchev–Trinajstić information content (AvgIpc) is 3.13. The summed E-state index contributed by atoms with van der Waals surface area (Å²) in [5.41, 5.74) is 5.34. The molecule has 0 aliphatic heterocycles. The minimum Gasteiger partial charge on any atom is -0.462 e. The number of phosphoric ester groups is 1. The molecule has 3 N–H and O–H groups in total. The second kappa shape index (κ2) is 38.7. The Morgan fingerprint density at radius 2 is 1.04 bits per heavy atom. The summed E-state index contributed by atoms with van der Waals surface area (Å²) in [6.07, 6.45) is 42.8. The molecular formula is C42H76NO8P. The number of rotatable bonds is 38. The van der Waals surface area contributed by atoms with Crippen LogP contribution in [-0.4, -0.2) is 49.3 Å².